The van der Waals surface area contributed by atoms with Crippen LogP contribution in [0, 0.1) is 13.8 Å². The van der Waals surface area contributed by atoms with Crippen molar-refractivity contribution in [2.45, 2.75) is 26.8 Å². The zero-order valence-electron chi connectivity index (χ0n) is 12.0. The molecule has 0 saturated heterocycles. The molecule has 6 heteroatoms. The van der Waals surface area contributed by atoms with Crippen LogP contribution >= 0.6 is 11.3 Å². The van der Waals surface area contributed by atoms with Gasteiger partial charge in [-0.2, -0.15) is 5.10 Å². The Bertz CT molecular complexity index is 801. The van der Waals surface area contributed by atoms with Crippen molar-refractivity contribution in [1.82, 2.24) is 19.7 Å². The molecule has 0 saturated carbocycles. The predicted molar refractivity (Wildman–Crippen MR) is 82.8 cm³/mol. The number of nitrogens with one attached hydrogen (secondary N) is 1. The number of H-pyrrole nitrogens is 1. The molecular weight excluding hydrogens is 284 g/mol. The van der Waals surface area contributed by atoms with Crippen LogP contribution in [0.4, 0.5) is 0 Å². The standard InChI is InChI=1S/C15H16N4OS/c1-10-13(16-11(2)21-10)9-19-15(20)17-14(18-19)8-12-6-4-3-5-7-12/h3-7H,8-9H2,1-2H3,(H,17,18,20). The van der Waals surface area contributed by atoms with Crippen molar-refractivity contribution in [3.8, 4) is 0 Å². The third kappa shape index (κ3) is 3.11. The first-order valence-corrected chi connectivity index (χ1v) is 7.56. The molecule has 0 atom stereocenters. The second-order valence-corrected chi connectivity index (χ2v) is 6.34. The Hall–Kier alpha value is -2.21. The van der Waals surface area contributed by atoms with Gasteiger partial charge in [0.15, 0.2) is 0 Å². The van der Waals surface area contributed by atoms with Gasteiger partial charge in [-0.25, -0.2) is 14.5 Å². The Morgan fingerprint density at radius 3 is 2.67 bits per heavy atom. The van der Waals surface area contributed by atoms with Crippen molar-refractivity contribution in [1.29, 1.82) is 0 Å². The van der Waals surface area contributed by atoms with Crippen molar-refractivity contribution in [3.63, 3.8) is 0 Å². The van der Waals surface area contributed by atoms with E-state index in [2.05, 4.69) is 15.1 Å². The molecule has 0 radical (unpaired) electrons. The molecule has 108 valence electrons. The largest absolute Gasteiger partial charge is 0.343 e. The first kappa shape index (κ1) is 13.8. The molecule has 1 aromatic carbocycles. The third-order valence-corrected chi connectivity index (χ3v) is 4.17. The molecule has 0 spiro atoms. The van der Waals surface area contributed by atoms with Crippen LogP contribution in [0.2, 0.25) is 0 Å². The molecule has 5 nitrogen and oxygen atoms in total. The Kier molecular flexibility index (Phi) is 3.70. The summed E-state index contributed by atoms with van der Waals surface area (Å²) in [6.07, 6.45) is 0.623. The maximum atomic E-state index is 12.0. The van der Waals surface area contributed by atoms with Gasteiger partial charge in [-0.3, -0.25) is 4.98 Å². The molecule has 0 aliphatic carbocycles. The minimum absolute atomic E-state index is 0.189. The summed E-state index contributed by atoms with van der Waals surface area (Å²) in [4.78, 5) is 20.4. The highest BCUT2D eigenvalue weighted by molar-refractivity contribution is 7.11. The molecule has 0 fully saturated rings. The average molecular weight is 300 g/mol. The average Bonchev–Trinajstić information content (AvgIpc) is 2.94. The van der Waals surface area contributed by atoms with Crippen molar-refractivity contribution >= 4 is 11.3 Å². The summed E-state index contributed by atoms with van der Waals surface area (Å²) in [7, 11) is 0. The van der Waals surface area contributed by atoms with Crippen LogP contribution in [0.25, 0.3) is 0 Å². The van der Waals surface area contributed by atoms with Gasteiger partial charge in [0.2, 0.25) is 0 Å². The number of hydrogen-bond donors (Lipinski definition) is 1. The van der Waals surface area contributed by atoms with E-state index in [9.17, 15) is 4.79 Å². The first-order valence-electron chi connectivity index (χ1n) is 6.74. The number of aromatic nitrogens is 4. The van der Waals surface area contributed by atoms with Crippen molar-refractivity contribution < 1.29 is 0 Å². The summed E-state index contributed by atoms with van der Waals surface area (Å²) >= 11 is 1.64. The SMILES string of the molecule is Cc1nc(Cn2nc(Cc3ccccc3)[nH]c2=O)c(C)s1. The van der Waals surface area contributed by atoms with E-state index in [0.29, 0.717) is 18.8 Å². The van der Waals surface area contributed by atoms with Crippen molar-refractivity contribution in [2.75, 3.05) is 0 Å². The molecule has 3 aromatic rings. The summed E-state index contributed by atoms with van der Waals surface area (Å²) in [5, 5.41) is 5.37. The summed E-state index contributed by atoms with van der Waals surface area (Å²) in [5.74, 6) is 0.677. The molecule has 2 heterocycles. The fourth-order valence-electron chi connectivity index (χ4n) is 2.24. The van der Waals surface area contributed by atoms with E-state index in [1.807, 2.05) is 44.2 Å². The maximum absolute atomic E-state index is 12.0. The first-order chi connectivity index (χ1) is 10.1. The van der Waals surface area contributed by atoms with Crippen LogP contribution in [0.5, 0.6) is 0 Å². The minimum atomic E-state index is -0.189. The lowest BCUT2D eigenvalue weighted by Crippen LogP contribution is -2.19. The molecule has 0 aliphatic rings. The lowest BCUT2D eigenvalue weighted by molar-refractivity contribution is 0.640. The predicted octanol–water partition coefficient (Wildman–Crippen LogP) is 2.28. The van der Waals surface area contributed by atoms with Gasteiger partial charge in [0, 0.05) is 11.3 Å². The fourth-order valence-corrected chi connectivity index (χ4v) is 3.07. The zero-order chi connectivity index (χ0) is 14.8. The van der Waals surface area contributed by atoms with Crippen LogP contribution in [-0.2, 0) is 13.0 Å². The van der Waals surface area contributed by atoms with Gasteiger partial charge in [-0.05, 0) is 19.4 Å². The van der Waals surface area contributed by atoms with Crippen LogP contribution in [0.1, 0.15) is 27.0 Å². The van der Waals surface area contributed by atoms with Gasteiger partial charge in [0.05, 0.1) is 17.2 Å². The number of nitrogens with zero attached hydrogens (tertiary/aromatic N) is 3. The highest BCUT2D eigenvalue weighted by atomic mass is 32.1. The normalized spacial score (nSPS) is 11.0. The molecular formula is C15H16N4OS. The number of thiazole rings is 1. The highest BCUT2D eigenvalue weighted by Crippen LogP contribution is 2.16. The summed E-state index contributed by atoms with van der Waals surface area (Å²) in [6.45, 7) is 4.40. The molecule has 0 unspecified atom stereocenters. The Balaban J connectivity index is 1.82. The van der Waals surface area contributed by atoms with E-state index in [-0.39, 0.29) is 5.69 Å². The lowest BCUT2D eigenvalue weighted by atomic mass is 10.1. The molecule has 0 amide bonds. The number of hydrogen-bond acceptors (Lipinski definition) is 4. The lowest BCUT2D eigenvalue weighted by Gasteiger charge is -1.98. The van der Waals surface area contributed by atoms with E-state index in [0.717, 1.165) is 21.1 Å². The van der Waals surface area contributed by atoms with E-state index in [4.69, 9.17) is 0 Å². The molecule has 0 bridgehead atoms. The second-order valence-electron chi connectivity index (χ2n) is 4.93. The summed E-state index contributed by atoms with van der Waals surface area (Å²) in [6, 6.07) is 9.96. The van der Waals surface area contributed by atoms with Crippen LogP contribution in [0.15, 0.2) is 35.1 Å². The highest BCUT2D eigenvalue weighted by Gasteiger charge is 2.10. The topological polar surface area (TPSA) is 63.6 Å². The Morgan fingerprint density at radius 2 is 2.00 bits per heavy atom. The molecule has 3 rings (SSSR count). The monoisotopic (exact) mass is 300 g/mol. The number of benzene rings is 1. The summed E-state index contributed by atoms with van der Waals surface area (Å²) in [5.41, 5.74) is 1.85. The van der Waals surface area contributed by atoms with Gasteiger partial charge in [-0.15, -0.1) is 11.3 Å². The fraction of sp³-hybridized carbons (Fsp3) is 0.267. The molecule has 0 aliphatic heterocycles. The smallest absolute Gasteiger partial charge is 0.292 e. The Morgan fingerprint density at radius 1 is 1.24 bits per heavy atom. The van der Waals surface area contributed by atoms with Crippen molar-refractivity contribution in [3.05, 3.63) is 67.8 Å². The van der Waals surface area contributed by atoms with E-state index >= 15 is 0 Å². The number of aromatic amines is 1. The number of rotatable bonds is 4. The van der Waals surface area contributed by atoms with Gasteiger partial charge in [0.25, 0.3) is 0 Å². The van der Waals surface area contributed by atoms with E-state index < -0.39 is 0 Å². The number of aryl methyl sites for hydroxylation is 2. The molecule has 21 heavy (non-hydrogen) atoms. The van der Waals surface area contributed by atoms with E-state index in [1.54, 1.807) is 11.3 Å². The van der Waals surface area contributed by atoms with Crippen molar-refractivity contribution in [2.24, 2.45) is 0 Å². The summed E-state index contributed by atoms with van der Waals surface area (Å²) < 4.78 is 1.44. The van der Waals surface area contributed by atoms with E-state index in [1.165, 1.54) is 4.68 Å². The van der Waals surface area contributed by atoms with Gasteiger partial charge in [-0.1, -0.05) is 30.3 Å². The van der Waals surface area contributed by atoms with Crippen LogP contribution in [-0.4, -0.2) is 19.7 Å². The Labute approximate surface area is 126 Å². The molecule has 1 N–H and O–H groups in total. The molecule has 2 aromatic heterocycles. The maximum Gasteiger partial charge on any atom is 0.343 e. The van der Waals surface area contributed by atoms with Crippen LogP contribution < -0.4 is 5.69 Å². The second kappa shape index (κ2) is 5.65. The van der Waals surface area contributed by atoms with Gasteiger partial charge >= 0.3 is 5.69 Å². The van der Waals surface area contributed by atoms with Gasteiger partial charge < -0.3 is 0 Å². The third-order valence-electron chi connectivity index (χ3n) is 3.24. The quantitative estimate of drug-likeness (QED) is 0.804. The van der Waals surface area contributed by atoms with Gasteiger partial charge in [0.1, 0.15) is 5.82 Å². The minimum Gasteiger partial charge on any atom is -0.292 e. The zero-order valence-corrected chi connectivity index (χ0v) is 12.8. The van der Waals surface area contributed by atoms with Crippen LogP contribution in [0.3, 0.4) is 0 Å².